The first-order chi connectivity index (χ1) is 16.9. The van der Waals surface area contributed by atoms with Crippen LogP contribution in [-0.4, -0.2) is 41.0 Å². The van der Waals surface area contributed by atoms with Crippen LogP contribution in [0.2, 0.25) is 0 Å². The molecule has 35 heavy (non-hydrogen) atoms. The van der Waals surface area contributed by atoms with Crippen LogP contribution in [0.1, 0.15) is 36.4 Å². The first-order valence-corrected chi connectivity index (χ1v) is 11.5. The fraction of sp³-hybridized carbons (Fsp3) is 0.259. The van der Waals surface area contributed by atoms with Crippen molar-refractivity contribution in [3.05, 3.63) is 84.1 Å². The molecule has 1 aromatic heterocycles. The number of aliphatic carboxylic acids is 1. The average Bonchev–Trinajstić information content (AvgIpc) is 2.85. The summed E-state index contributed by atoms with van der Waals surface area (Å²) in [6.45, 7) is 2.34. The number of hydrogen-bond acceptors (Lipinski definition) is 5. The molecule has 0 spiro atoms. The molecule has 8 heteroatoms. The van der Waals surface area contributed by atoms with Gasteiger partial charge in [0.2, 0.25) is 11.8 Å². The average molecular weight is 475 g/mol. The Labute approximate surface area is 204 Å². The molecule has 0 fully saturated rings. The summed E-state index contributed by atoms with van der Waals surface area (Å²) in [5.74, 6) is -0.965. The van der Waals surface area contributed by atoms with Crippen molar-refractivity contribution in [1.82, 2.24) is 15.6 Å². The Kier molecular flexibility index (Phi) is 9.36. The number of anilines is 1. The van der Waals surface area contributed by atoms with Crippen molar-refractivity contribution in [2.45, 2.75) is 32.2 Å². The van der Waals surface area contributed by atoms with Crippen LogP contribution in [0.3, 0.4) is 0 Å². The van der Waals surface area contributed by atoms with E-state index in [-0.39, 0.29) is 25.3 Å². The van der Waals surface area contributed by atoms with Gasteiger partial charge < -0.3 is 21.1 Å². The maximum atomic E-state index is 12.4. The molecule has 0 aliphatic heterocycles. The van der Waals surface area contributed by atoms with Crippen LogP contribution < -0.4 is 16.0 Å². The van der Waals surface area contributed by atoms with Crippen LogP contribution in [0, 0.1) is 6.92 Å². The summed E-state index contributed by atoms with van der Waals surface area (Å²) in [6.07, 6.45) is 2.30. The standard InChI is InChI=1S/C27H30N4O4/c1-19-13-15-29-24(16-19)28-14-5-8-25(32)30-18-26(33)31-23(17-27(34)35)22-11-9-21(10-12-22)20-6-3-2-4-7-20/h2-4,6-7,9-13,15-16,23H,5,8,14,17-18H2,1H3,(H,28,29)(H,30,32)(H,31,33)(H,34,35). The fourth-order valence-electron chi connectivity index (χ4n) is 3.58. The van der Waals surface area contributed by atoms with Crippen LogP contribution >= 0.6 is 0 Å². The molecular weight excluding hydrogens is 444 g/mol. The van der Waals surface area contributed by atoms with E-state index in [1.807, 2.05) is 73.7 Å². The number of hydrogen-bond donors (Lipinski definition) is 4. The van der Waals surface area contributed by atoms with Gasteiger partial charge in [0, 0.05) is 19.2 Å². The normalized spacial score (nSPS) is 11.3. The maximum absolute atomic E-state index is 12.4. The van der Waals surface area contributed by atoms with Crippen molar-refractivity contribution in [2.24, 2.45) is 0 Å². The second-order valence-corrected chi connectivity index (χ2v) is 8.23. The Morgan fingerprint density at radius 1 is 0.943 bits per heavy atom. The van der Waals surface area contributed by atoms with Crippen LogP contribution in [0.4, 0.5) is 5.82 Å². The SMILES string of the molecule is Cc1ccnc(NCCCC(=O)NCC(=O)NC(CC(=O)O)c2ccc(-c3ccccc3)cc2)c1. The quantitative estimate of drug-likeness (QED) is 0.297. The van der Waals surface area contributed by atoms with Gasteiger partial charge in [-0.2, -0.15) is 0 Å². The monoisotopic (exact) mass is 474 g/mol. The third kappa shape index (κ3) is 8.58. The lowest BCUT2D eigenvalue weighted by molar-refractivity contribution is -0.138. The number of rotatable bonds is 12. The lowest BCUT2D eigenvalue weighted by Crippen LogP contribution is -2.39. The molecule has 1 atom stereocenters. The minimum Gasteiger partial charge on any atom is -0.481 e. The van der Waals surface area contributed by atoms with Gasteiger partial charge in [0.1, 0.15) is 5.82 Å². The van der Waals surface area contributed by atoms with Gasteiger partial charge in [0.05, 0.1) is 19.0 Å². The van der Waals surface area contributed by atoms with E-state index in [0.717, 1.165) is 22.5 Å². The maximum Gasteiger partial charge on any atom is 0.305 e. The van der Waals surface area contributed by atoms with E-state index in [1.54, 1.807) is 6.20 Å². The molecule has 0 saturated heterocycles. The largest absolute Gasteiger partial charge is 0.481 e. The molecule has 2 aromatic carbocycles. The van der Waals surface area contributed by atoms with Gasteiger partial charge in [-0.25, -0.2) is 4.98 Å². The van der Waals surface area contributed by atoms with Gasteiger partial charge in [0.15, 0.2) is 0 Å². The molecule has 1 heterocycles. The molecule has 0 aliphatic carbocycles. The molecule has 1 unspecified atom stereocenters. The topological polar surface area (TPSA) is 120 Å². The number of carboxylic acids is 1. The molecular formula is C27H30N4O4. The van der Waals surface area contributed by atoms with Crippen LogP contribution in [0.5, 0.6) is 0 Å². The zero-order valence-corrected chi connectivity index (χ0v) is 19.7. The minimum absolute atomic E-state index is 0.218. The lowest BCUT2D eigenvalue weighted by Gasteiger charge is -2.18. The summed E-state index contributed by atoms with van der Waals surface area (Å²) < 4.78 is 0. The number of aryl methyl sites for hydroxylation is 1. The number of carbonyl (C=O) groups is 3. The second kappa shape index (κ2) is 12.9. The van der Waals surface area contributed by atoms with Crippen LogP contribution in [0.15, 0.2) is 72.9 Å². The zero-order valence-electron chi connectivity index (χ0n) is 19.7. The van der Waals surface area contributed by atoms with Gasteiger partial charge in [0.25, 0.3) is 0 Å². The zero-order chi connectivity index (χ0) is 25.0. The highest BCUT2D eigenvalue weighted by Gasteiger charge is 2.18. The van der Waals surface area contributed by atoms with Crippen molar-refractivity contribution in [3.63, 3.8) is 0 Å². The first-order valence-electron chi connectivity index (χ1n) is 11.5. The highest BCUT2D eigenvalue weighted by molar-refractivity contribution is 5.85. The summed E-state index contributed by atoms with van der Waals surface area (Å²) >= 11 is 0. The number of aromatic nitrogens is 1. The van der Waals surface area contributed by atoms with Gasteiger partial charge in [-0.1, -0.05) is 54.6 Å². The summed E-state index contributed by atoms with van der Waals surface area (Å²) in [4.78, 5) is 40.1. The third-order valence-corrected chi connectivity index (χ3v) is 5.38. The Morgan fingerprint density at radius 2 is 1.66 bits per heavy atom. The van der Waals surface area contributed by atoms with Crippen molar-refractivity contribution < 1.29 is 19.5 Å². The predicted molar refractivity (Wildman–Crippen MR) is 135 cm³/mol. The van der Waals surface area contributed by atoms with E-state index in [0.29, 0.717) is 18.5 Å². The van der Waals surface area contributed by atoms with E-state index in [2.05, 4.69) is 20.9 Å². The van der Waals surface area contributed by atoms with Crippen LogP contribution in [-0.2, 0) is 14.4 Å². The molecule has 3 rings (SSSR count). The summed E-state index contributed by atoms with van der Waals surface area (Å²) in [5.41, 5.74) is 3.82. The number of carboxylic acid groups (broad SMARTS) is 1. The molecule has 4 N–H and O–H groups in total. The molecule has 182 valence electrons. The Balaban J connectivity index is 1.45. The fourth-order valence-corrected chi connectivity index (χ4v) is 3.58. The predicted octanol–water partition coefficient (Wildman–Crippen LogP) is 3.70. The first kappa shape index (κ1) is 25.4. The molecule has 0 aliphatic rings. The molecule has 0 saturated carbocycles. The van der Waals surface area contributed by atoms with Crippen LogP contribution in [0.25, 0.3) is 11.1 Å². The highest BCUT2D eigenvalue weighted by Crippen LogP contribution is 2.23. The smallest absolute Gasteiger partial charge is 0.305 e. The van der Waals surface area contributed by atoms with Crippen molar-refractivity contribution in [3.8, 4) is 11.1 Å². The van der Waals surface area contributed by atoms with E-state index in [1.165, 1.54) is 0 Å². The highest BCUT2D eigenvalue weighted by atomic mass is 16.4. The molecule has 0 bridgehead atoms. The summed E-state index contributed by atoms with van der Waals surface area (Å²) in [5, 5.41) is 17.8. The number of nitrogens with zero attached hydrogens (tertiary/aromatic N) is 1. The number of amides is 2. The molecule has 2 amide bonds. The van der Waals surface area contributed by atoms with E-state index in [9.17, 15) is 19.5 Å². The Morgan fingerprint density at radius 3 is 2.34 bits per heavy atom. The molecule has 8 nitrogen and oxygen atoms in total. The minimum atomic E-state index is -1.03. The Bertz CT molecular complexity index is 1130. The van der Waals surface area contributed by atoms with Gasteiger partial charge in [-0.05, 0) is 47.7 Å². The van der Waals surface area contributed by atoms with Gasteiger partial charge in [-0.15, -0.1) is 0 Å². The van der Waals surface area contributed by atoms with Crippen molar-refractivity contribution >= 4 is 23.6 Å². The Hall–Kier alpha value is -4.20. The number of carbonyl (C=O) groups excluding carboxylic acids is 2. The van der Waals surface area contributed by atoms with Crippen molar-refractivity contribution in [1.29, 1.82) is 0 Å². The third-order valence-electron chi connectivity index (χ3n) is 5.38. The molecule has 3 aromatic rings. The van der Waals surface area contributed by atoms with Gasteiger partial charge >= 0.3 is 5.97 Å². The van der Waals surface area contributed by atoms with Gasteiger partial charge in [-0.3, -0.25) is 14.4 Å². The summed E-state index contributed by atoms with van der Waals surface area (Å²) in [7, 11) is 0. The van der Waals surface area contributed by atoms with E-state index >= 15 is 0 Å². The number of benzene rings is 2. The van der Waals surface area contributed by atoms with Crippen molar-refractivity contribution in [2.75, 3.05) is 18.4 Å². The second-order valence-electron chi connectivity index (χ2n) is 8.23. The molecule has 0 radical (unpaired) electrons. The van der Waals surface area contributed by atoms with E-state index < -0.39 is 17.9 Å². The number of nitrogens with one attached hydrogen (secondary N) is 3. The lowest BCUT2D eigenvalue weighted by atomic mass is 9.99. The summed E-state index contributed by atoms with van der Waals surface area (Å²) in [6, 6.07) is 20.4. The number of pyridine rings is 1. The van der Waals surface area contributed by atoms with E-state index in [4.69, 9.17) is 0 Å².